The molecular weight excluding hydrogens is 190 g/mol. The highest BCUT2D eigenvalue weighted by molar-refractivity contribution is 7.85. The Labute approximate surface area is 80.7 Å². The van der Waals surface area contributed by atoms with Crippen LogP contribution in [0.1, 0.15) is 26.2 Å². The Balaban J connectivity index is 0.000000252. The summed E-state index contributed by atoms with van der Waals surface area (Å²) < 4.78 is 25.9. The standard InChI is InChI=1S/C7H15N.CH4O3S/c1-7-5-3-4-6-8(7)2;1-5(2,3)4/h7H,3-6H2,1-2H3;1H3,(H,2,3,4). The molecule has 1 aliphatic rings. The van der Waals surface area contributed by atoms with Crippen LogP contribution in [0.15, 0.2) is 0 Å². The van der Waals surface area contributed by atoms with Crippen molar-refractivity contribution in [3.8, 4) is 0 Å². The van der Waals surface area contributed by atoms with Gasteiger partial charge in [-0.15, -0.1) is 0 Å². The lowest BCUT2D eigenvalue weighted by Crippen LogP contribution is -2.33. The third-order valence-electron chi connectivity index (χ3n) is 2.14. The second-order valence-corrected chi connectivity index (χ2v) is 5.02. The van der Waals surface area contributed by atoms with Gasteiger partial charge < -0.3 is 4.90 Å². The fourth-order valence-electron chi connectivity index (χ4n) is 1.24. The third-order valence-corrected chi connectivity index (χ3v) is 2.14. The molecule has 1 atom stereocenters. The molecule has 4 nitrogen and oxygen atoms in total. The van der Waals surface area contributed by atoms with Crippen LogP contribution in [-0.4, -0.2) is 43.8 Å². The predicted molar refractivity (Wildman–Crippen MR) is 53.4 cm³/mol. The van der Waals surface area contributed by atoms with E-state index < -0.39 is 10.1 Å². The molecule has 0 bridgehead atoms. The molecule has 1 unspecified atom stereocenters. The van der Waals surface area contributed by atoms with E-state index >= 15 is 0 Å². The van der Waals surface area contributed by atoms with Crippen molar-refractivity contribution in [1.82, 2.24) is 4.90 Å². The lowest BCUT2D eigenvalue weighted by Gasteiger charge is -2.29. The SMILES string of the molecule is CC1CCCCN1C.CS(=O)(=O)O. The Kier molecular flexibility index (Phi) is 5.51. The first-order chi connectivity index (χ1) is 5.80. The van der Waals surface area contributed by atoms with Gasteiger partial charge in [0.05, 0.1) is 6.26 Å². The Bertz CT molecular complexity index is 208. The average Bonchev–Trinajstić information content (AvgIpc) is 1.92. The maximum absolute atomic E-state index is 9.19. The number of rotatable bonds is 0. The molecule has 1 saturated heterocycles. The number of hydrogen-bond donors (Lipinski definition) is 1. The lowest BCUT2D eigenvalue weighted by molar-refractivity contribution is 0.200. The van der Waals surface area contributed by atoms with Gasteiger partial charge in [-0.1, -0.05) is 6.42 Å². The lowest BCUT2D eigenvalue weighted by atomic mass is 10.1. The van der Waals surface area contributed by atoms with Crippen molar-refractivity contribution in [1.29, 1.82) is 0 Å². The number of hydrogen-bond acceptors (Lipinski definition) is 3. The minimum absolute atomic E-state index is 0.715. The molecule has 1 fully saturated rings. The summed E-state index contributed by atoms with van der Waals surface area (Å²) in [6, 6.07) is 0.837. The van der Waals surface area contributed by atoms with Gasteiger partial charge in [0.25, 0.3) is 10.1 Å². The summed E-state index contributed by atoms with van der Waals surface area (Å²) in [6.45, 7) is 3.61. The van der Waals surface area contributed by atoms with Gasteiger partial charge in [0.15, 0.2) is 0 Å². The Morgan fingerprint density at radius 1 is 1.38 bits per heavy atom. The van der Waals surface area contributed by atoms with Gasteiger partial charge in [0.2, 0.25) is 0 Å². The Morgan fingerprint density at radius 3 is 2.08 bits per heavy atom. The molecule has 13 heavy (non-hydrogen) atoms. The zero-order chi connectivity index (χ0) is 10.5. The summed E-state index contributed by atoms with van der Waals surface area (Å²) >= 11 is 0. The smallest absolute Gasteiger partial charge is 0.261 e. The van der Waals surface area contributed by atoms with Gasteiger partial charge in [-0.2, -0.15) is 8.42 Å². The summed E-state index contributed by atoms with van der Waals surface area (Å²) in [6.07, 6.45) is 4.95. The molecule has 0 radical (unpaired) electrons. The maximum Gasteiger partial charge on any atom is 0.261 e. The first kappa shape index (κ1) is 12.9. The van der Waals surface area contributed by atoms with Crippen LogP contribution in [0.2, 0.25) is 0 Å². The van der Waals surface area contributed by atoms with Crippen LogP contribution in [0.4, 0.5) is 0 Å². The van der Waals surface area contributed by atoms with Crippen LogP contribution < -0.4 is 0 Å². The van der Waals surface area contributed by atoms with Crippen molar-refractivity contribution in [2.45, 2.75) is 32.2 Å². The molecule has 5 heteroatoms. The molecule has 1 N–H and O–H groups in total. The molecule has 0 saturated carbocycles. The van der Waals surface area contributed by atoms with Crippen molar-refractivity contribution in [2.24, 2.45) is 0 Å². The monoisotopic (exact) mass is 209 g/mol. The molecule has 1 aliphatic heterocycles. The van der Waals surface area contributed by atoms with Gasteiger partial charge in [-0.05, 0) is 33.4 Å². The summed E-state index contributed by atoms with van der Waals surface area (Å²) in [5, 5.41) is 0. The number of nitrogens with zero attached hydrogens (tertiary/aromatic N) is 1. The summed E-state index contributed by atoms with van der Waals surface area (Å²) in [5.74, 6) is 0. The van der Waals surface area contributed by atoms with Crippen LogP contribution >= 0.6 is 0 Å². The Hall–Kier alpha value is -0.130. The summed E-state index contributed by atoms with van der Waals surface area (Å²) in [5.41, 5.74) is 0. The fraction of sp³-hybridized carbons (Fsp3) is 1.00. The van der Waals surface area contributed by atoms with Gasteiger partial charge in [-0.25, -0.2) is 0 Å². The molecule has 0 aromatic heterocycles. The van der Waals surface area contributed by atoms with Crippen LogP contribution in [0.25, 0.3) is 0 Å². The summed E-state index contributed by atoms with van der Waals surface area (Å²) in [4.78, 5) is 2.43. The van der Waals surface area contributed by atoms with Crippen LogP contribution in [0, 0.1) is 0 Å². The van der Waals surface area contributed by atoms with Crippen molar-refractivity contribution in [3.63, 3.8) is 0 Å². The van der Waals surface area contributed by atoms with E-state index in [1.54, 1.807) is 0 Å². The van der Waals surface area contributed by atoms with Gasteiger partial charge in [0.1, 0.15) is 0 Å². The minimum atomic E-state index is -3.67. The molecule has 0 aromatic rings. The molecule has 0 aliphatic carbocycles. The average molecular weight is 209 g/mol. The van der Waals surface area contributed by atoms with Crippen molar-refractivity contribution in [3.05, 3.63) is 0 Å². The molecule has 80 valence electrons. The van der Waals surface area contributed by atoms with E-state index in [0.717, 1.165) is 6.04 Å². The third kappa shape index (κ3) is 9.79. The van der Waals surface area contributed by atoms with E-state index in [2.05, 4.69) is 18.9 Å². The van der Waals surface area contributed by atoms with Crippen molar-refractivity contribution < 1.29 is 13.0 Å². The Morgan fingerprint density at radius 2 is 1.85 bits per heavy atom. The van der Waals surface area contributed by atoms with Gasteiger partial charge >= 0.3 is 0 Å². The quantitative estimate of drug-likeness (QED) is 0.605. The first-order valence-electron chi connectivity index (χ1n) is 4.43. The van der Waals surface area contributed by atoms with Gasteiger partial charge in [-0.3, -0.25) is 4.55 Å². The molecule has 1 rings (SSSR count). The van der Waals surface area contributed by atoms with E-state index in [0.29, 0.717) is 6.26 Å². The fourth-order valence-corrected chi connectivity index (χ4v) is 1.24. The topological polar surface area (TPSA) is 57.6 Å². The van der Waals surface area contributed by atoms with Crippen molar-refractivity contribution >= 4 is 10.1 Å². The van der Waals surface area contributed by atoms with Crippen LogP contribution in [0.5, 0.6) is 0 Å². The molecule has 0 amide bonds. The molecule has 1 heterocycles. The zero-order valence-corrected chi connectivity index (χ0v) is 9.34. The predicted octanol–water partition coefficient (Wildman–Crippen LogP) is 0.995. The summed E-state index contributed by atoms with van der Waals surface area (Å²) in [7, 11) is -1.45. The largest absolute Gasteiger partial charge is 0.304 e. The second kappa shape index (κ2) is 5.57. The molecule has 0 aromatic carbocycles. The second-order valence-electron chi connectivity index (χ2n) is 3.56. The first-order valence-corrected chi connectivity index (χ1v) is 6.28. The minimum Gasteiger partial charge on any atom is -0.304 e. The van der Waals surface area contributed by atoms with E-state index in [4.69, 9.17) is 4.55 Å². The van der Waals surface area contributed by atoms with E-state index in [1.807, 2.05) is 0 Å². The van der Waals surface area contributed by atoms with E-state index in [-0.39, 0.29) is 0 Å². The highest BCUT2D eigenvalue weighted by Gasteiger charge is 2.12. The van der Waals surface area contributed by atoms with Gasteiger partial charge in [0, 0.05) is 6.04 Å². The molecule has 0 spiro atoms. The zero-order valence-electron chi connectivity index (χ0n) is 8.52. The van der Waals surface area contributed by atoms with Crippen LogP contribution in [-0.2, 0) is 10.1 Å². The number of piperidine rings is 1. The highest BCUT2D eigenvalue weighted by atomic mass is 32.2. The number of likely N-dealkylation sites (tertiary alicyclic amines) is 1. The van der Waals surface area contributed by atoms with E-state index in [9.17, 15) is 8.42 Å². The maximum atomic E-state index is 9.19. The van der Waals surface area contributed by atoms with Crippen LogP contribution in [0.3, 0.4) is 0 Å². The highest BCUT2D eigenvalue weighted by Crippen LogP contribution is 2.13. The van der Waals surface area contributed by atoms with Crippen molar-refractivity contribution in [2.75, 3.05) is 19.8 Å². The normalized spacial score (nSPS) is 24.8. The molecular formula is C8H19NO3S. The van der Waals surface area contributed by atoms with E-state index in [1.165, 1.54) is 25.8 Å².